The lowest BCUT2D eigenvalue weighted by Gasteiger charge is -2.38. The van der Waals surface area contributed by atoms with E-state index in [1.54, 1.807) is 78.0 Å². The number of anilines is 2. The number of fused-ring (bicyclic) bond motifs is 14. The number of aryl methyl sites for hydroxylation is 1. The Labute approximate surface area is 535 Å². The molecule has 22 nitrogen and oxygen atoms in total. The van der Waals surface area contributed by atoms with Crippen molar-refractivity contribution in [2.75, 3.05) is 55.7 Å². The Bertz CT molecular complexity index is 3860. The van der Waals surface area contributed by atoms with Gasteiger partial charge in [-0.1, -0.05) is 86.6 Å². The Kier molecular flexibility index (Phi) is 21.4. The van der Waals surface area contributed by atoms with Crippen molar-refractivity contribution in [3.63, 3.8) is 0 Å². The molecule has 3 aromatic rings. The third-order valence-electron chi connectivity index (χ3n) is 18.2. The minimum Gasteiger partial charge on any atom is -0.507 e. The van der Waals surface area contributed by atoms with E-state index in [9.17, 15) is 48.8 Å². The van der Waals surface area contributed by atoms with Gasteiger partial charge in [0.25, 0.3) is 11.7 Å². The number of nitrogens with one attached hydrogen (secondary N) is 1. The molecule has 92 heavy (non-hydrogen) atoms. The van der Waals surface area contributed by atoms with Crippen LogP contribution in [0.4, 0.5) is 11.4 Å². The smallest absolute Gasteiger partial charge is 0.312 e. The van der Waals surface area contributed by atoms with E-state index < -0.39 is 119 Å². The van der Waals surface area contributed by atoms with Crippen LogP contribution in [0.5, 0.6) is 17.2 Å². The average Bonchev–Trinajstić information content (AvgIpc) is 1.37. The molecule has 10 atom stereocenters. The van der Waals surface area contributed by atoms with E-state index in [1.165, 1.54) is 52.2 Å². The number of aldehydes is 1. The van der Waals surface area contributed by atoms with Gasteiger partial charge in [0.2, 0.25) is 12.8 Å². The van der Waals surface area contributed by atoms with Crippen molar-refractivity contribution in [2.24, 2.45) is 35.5 Å². The predicted octanol–water partition coefficient (Wildman–Crippen LogP) is 9.70. The summed E-state index contributed by atoms with van der Waals surface area (Å²) in [4.78, 5) is 116. The molecule has 5 aliphatic heterocycles. The zero-order chi connectivity index (χ0) is 67.6. The Balaban J connectivity index is 1.13. The molecule has 1 saturated heterocycles. The van der Waals surface area contributed by atoms with Gasteiger partial charge in [0.15, 0.2) is 11.3 Å². The number of benzene rings is 4. The highest BCUT2D eigenvalue weighted by Crippen LogP contribution is 2.51. The topological polar surface area (TPSA) is 308 Å². The van der Waals surface area contributed by atoms with Gasteiger partial charge >= 0.3 is 23.7 Å². The van der Waals surface area contributed by atoms with Crippen LogP contribution in [0.25, 0.3) is 33.3 Å². The highest BCUT2D eigenvalue weighted by atomic mass is 31.2. The molecule has 0 aromatic heterocycles. The van der Waals surface area contributed by atoms with Crippen LogP contribution in [0.2, 0.25) is 0 Å². The highest BCUT2D eigenvalue weighted by molar-refractivity contribution is 7.66. The minimum absolute atomic E-state index is 0.00731. The van der Waals surface area contributed by atoms with E-state index in [0.717, 1.165) is 25.2 Å². The first-order valence-corrected chi connectivity index (χ1v) is 33.2. The van der Waals surface area contributed by atoms with Crippen molar-refractivity contribution >= 4 is 81.8 Å². The van der Waals surface area contributed by atoms with Gasteiger partial charge in [0.1, 0.15) is 52.6 Å². The SMILES string of the molecule is CC(=O)O[C@H]1[C@H](C)[C@H](O)[C@H](C)[C@@H](OC(=O)CCCOC(=O)CC(C)(C)c2cc(P(=O)(O)CC=O)ccc2C)[C@@H](C)/C=C/C=C(/C)C(=O)Nc2c3oc4cc(N5CCN(CC(C)C)CC5)cc(O)c4nc-3c3c4c(c(C)c(O)c3c2=O)O[C@](C)(O/C=C/[C@H](C)[C@H]1C)C4=O. The van der Waals surface area contributed by atoms with Crippen LogP contribution >= 0.6 is 7.37 Å². The van der Waals surface area contributed by atoms with Crippen LogP contribution < -0.4 is 25.7 Å². The first-order chi connectivity index (χ1) is 43.2. The van der Waals surface area contributed by atoms with E-state index >= 15 is 9.59 Å². The molecule has 5 heterocycles. The fraction of sp³-hybridized carbons (Fsp3) is 0.507. The molecule has 9 rings (SSSR count). The minimum atomic E-state index is -3.96. The number of hydrogen-bond donors (Lipinski definition) is 5. The number of ketones is 1. The van der Waals surface area contributed by atoms with E-state index in [1.807, 2.05) is 13.8 Å². The first-order valence-electron chi connectivity index (χ1n) is 31.3. The van der Waals surface area contributed by atoms with Crippen LogP contribution in [-0.2, 0) is 52.9 Å². The van der Waals surface area contributed by atoms with Crippen LogP contribution in [0, 0.1) is 49.4 Å². The maximum absolute atomic E-state index is 15.2. The molecule has 0 saturated carbocycles. The summed E-state index contributed by atoms with van der Waals surface area (Å²) < 4.78 is 49.7. The van der Waals surface area contributed by atoms with Gasteiger partial charge in [0, 0.05) is 116 Å². The lowest BCUT2D eigenvalue weighted by Crippen LogP contribution is -2.47. The monoisotopic (exact) mass is 1290 g/mol. The second-order valence-electron chi connectivity index (χ2n) is 26.3. The molecular weight excluding hydrogens is 1200 g/mol. The largest absolute Gasteiger partial charge is 0.507 e. The zero-order valence-corrected chi connectivity index (χ0v) is 55.8. The number of ether oxygens (including phenoxy) is 5. The number of nitrogens with zero attached hydrogens (tertiary/aromatic N) is 3. The van der Waals surface area contributed by atoms with Crippen molar-refractivity contribution in [1.29, 1.82) is 0 Å². The fourth-order valence-corrected chi connectivity index (χ4v) is 13.8. The predicted molar refractivity (Wildman–Crippen MR) is 348 cm³/mol. The van der Waals surface area contributed by atoms with Gasteiger partial charge in [0.05, 0.1) is 42.5 Å². The number of phenolic OH excluding ortho intramolecular Hbond substituents is 2. The van der Waals surface area contributed by atoms with Gasteiger partial charge in [-0.2, -0.15) is 0 Å². The molecule has 1 amide bonds. The third kappa shape index (κ3) is 14.8. The molecule has 5 N–H and O–H groups in total. The standard InChI is InChI=1S/C69H87N4O18P/c1-36(2)35-72-23-25-73(26-24-72)46-31-49(76)56-50(32-46)89-65-57(70-56)53-54-60(80)44(10)64-55(53)66(82)69(14,91-64)87-29-22-37(3)41(7)63(88-45(11)75)43(9)59(79)42(8)62(39(5)17-15-18-40(6)67(83)71-58(65)61(54)81)90-51(77)19-16-28-86-52(78)34-68(12,13)48-33-47(21-20-38(48)4)92(84,85)30-27-74/h15,17-18,20-22,27,29,31-33,36-37,39,41-43,59,62-63,76,79-80H,16,19,23-26,28,30,34-35H2,1-14H3,(H,71,83)(H,84,85)/b17-15+,29-22+,40-18-/t37-,39-,41+,42-,43+,59+,62-,63+,69-/m0/s1. The summed E-state index contributed by atoms with van der Waals surface area (Å²) in [5.74, 6) is -9.63. The number of aromatic hydroxyl groups is 2. The number of carbonyl (C=O) groups excluding carboxylic acids is 6. The quantitative estimate of drug-likeness (QED) is 0.0124. The fourth-order valence-electron chi connectivity index (χ4n) is 12.7. The van der Waals surface area contributed by atoms with Gasteiger partial charge < -0.3 is 63.3 Å². The molecule has 23 heteroatoms. The summed E-state index contributed by atoms with van der Waals surface area (Å²) in [6, 6.07) is 7.94. The second-order valence-corrected chi connectivity index (χ2v) is 28.6. The number of aliphatic hydroxyl groups excluding tert-OH is 1. The van der Waals surface area contributed by atoms with Gasteiger partial charge in [-0.05, 0) is 74.3 Å². The number of piperazine rings is 1. The van der Waals surface area contributed by atoms with Crippen LogP contribution in [-0.4, -0.2) is 136 Å². The number of amides is 1. The lowest BCUT2D eigenvalue weighted by molar-refractivity contribution is -0.164. The summed E-state index contributed by atoms with van der Waals surface area (Å²) in [6.45, 7) is 27.7. The van der Waals surface area contributed by atoms with Crippen LogP contribution in [0.3, 0.4) is 0 Å². The third-order valence-corrected chi connectivity index (χ3v) is 19.9. The number of Topliss-reactive ketones (excluding diaryl/α,β-unsaturated/α-hetero) is 1. The van der Waals surface area contributed by atoms with Crippen molar-refractivity contribution in [2.45, 2.75) is 146 Å². The number of carbonyl (C=O) groups is 6. The summed E-state index contributed by atoms with van der Waals surface area (Å²) in [5, 5.41) is 38.4. The van der Waals surface area contributed by atoms with E-state index in [2.05, 4.69) is 29.0 Å². The van der Waals surface area contributed by atoms with Gasteiger partial charge in [-0.15, -0.1) is 0 Å². The van der Waals surface area contributed by atoms with E-state index in [4.69, 9.17) is 33.1 Å². The van der Waals surface area contributed by atoms with Crippen molar-refractivity contribution in [3.05, 3.63) is 98.9 Å². The Morgan fingerprint density at radius 1 is 0.913 bits per heavy atom. The maximum Gasteiger partial charge on any atom is 0.312 e. The average molecular weight is 1290 g/mol. The van der Waals surface area contributed by atoms with E-state index in [-0.39, 0.29) is 92.7 Å². The number of hydrogen-bond acceptors (Lipinski definition) is 20. The zero-order valence-electron chi connectivity index (χ0n) is 54.9. The van der Waals surface area contributed by atoms with E-state index in [0.29, 0.717) is 36.5 Å². The van der Waals surface area contributed by atoms with Crippen LogP contribution in [0.15, 0.2) is 75.7 Å². The number of aromatic nitrogens is 1. The molecule has 0 spiro atoms. The summed E-state index contributed by atoms with van der Waals surface area (Å²) in [5.41, 5.74) is -0.462. The van der Waals surface area contributed by atoms with Gasteiger partial charge in [-0.25, -0.2) is 4.98 Å². The van der Waals surface area contributed by atoms with Crippen molar-refractivity contribution < 1.29 is 81.6 Å². The van der Waals surface area contributed by atoms with Gasteiger partial charge in [-0.3, -0.25) is 38.2 Å². The molecule has 6 aliphatic rings. The number of allylic oxidation sites excluding steroid dienone is 3. The van der Waals surface area contributed by atoms with Crippen molar-refractivity contribution in [1.82, 2.24) is 9.88 Å². The number of phenols is 2. The molecule has 1 aliphatic carbocycles. The lowest BCUT2D eigenvalue weighted by atomic mass is 9.77. The molecular formula is C69H87N4O18P. The molecule has 5 bridgehead atoms. The number of rotatable bonds is 15. The number of aliphatic hydroxyl groups is 1. The van der Waals surface area contributed by atoms with Crippen LogP contribution in [0.1, 0.15) is 129 Å². The molecule has 496 valence electrons. The normalized spacial score (nSPS) is 25.6. The molecule has 0 radical (unpaired) electrons. The maximum atomic E-state index is 15.2. The second kappa shape index (κ2) is 28.1. The highest BCUT2D eigenvalue weighted by Gasteiger charge is 2.50. The first kappa shape index (κ1) is 70.0. The Morgan fingerprint density at radius 3 is 2.26 bits per heavy atom. The Morgan fingerprint density at radius 2 is 1.60 bits per heavy atom. The summed E-state index contributed by atoms with van der Waals surface area (Å²) in [6.07, 6.45) is 3.87. The molecule has 1 fully saturated rings. The number of esters is 3. The Hall–Kier alpha value is -7.91. The summed E-state index contributed by atoms with van der Waals surface area (Å²) >= 11 is 0. The molecule has 1 unspecified atom stereocenters. The summed E-state index contributed by atoms with van der Waals surface area (Å²) in [7, 11) is -3.96. The molecule has 3 aromatic carbocycles. The van der Waals surface area contributed by atoms with Crippen molar-refractivity contribution in [3.8, 4) is 28.7 Å².